The SMILES string of the molecule is Cc1cc(C)cc(C(=O)NCC(O)C(N)=O)c1. The van der Waals surface area contributed by atoms with E-state index in [4.69, 9.17) is 10.8 Å². The summed E-state index contributed by atoms with van der Waals surface area (Å²) in [7, 11) is 0. The Morgan fingerprint density at radius 3 is 2.29 bits per heavy atom. The number of hydrogen-bond donors (Lipinski definition) is 3. The van der Waals surface area contributed by atoms with Crippen LogP contribution in [-0.4, -0.2) is 29.6 Å². The highest BCUT2D eigenvalue weighted by Crippen LogP contribution is 2.08. The molecule has 1 aromatic rings. The minimum absolute atomic E-state index is 0.179. The molecule has 1 atom stereocenters. The summed E-state index contributed by atoms with van der Waals surface area (Å²) in [4.78, 5) is 22.3. The van der Waals surface area contributed by atoms with Crippen molar-refractivity contribution in [1.29, 1.82) is 0 Å². The lowest BCUT2D eigenvalue weighted by Gasteiger charge is -2.09. The van der Waals surface area contributed by atoms with E-state index in [-0.39, 0.29) is 12.5 Å². The molecule has 0 aliphatic heterocycles. The Morgan fingerprint density at radius 1 is 1.29 bits per heavy atom. The fraction of sp³-hybridized carbons (Fsp3) is 0.333. The van der Waals surface area contributed by atoms with Crippen LogP contribution in [-0.2, 0) is 4.79 Å². The molecule has 0 radical (unpaired) electrons. The summed E-state index contributed by atoms with van der Waals surface area (Å²) in [6.45, 7) is 3.60. The number of aliphatic hydroxyl groups is 1. The second-order valence-electron chi connectivity index (χ2n) is 4.00. The Morgan fingerprint density at radius 2 is 1.82 bits per heavy atom. The maximum atomic E-state index is 11.7. The van der Waals surface area contributed by atoms with Gasteiger partial charge in [-0.3, -0.25) is 9.59 Å². The predicted octanol–water partition coefficient (Wildman–Crippen LogP) is -0.121. The average molecular weight is 236 g/mol. The summed E-state index contributed by atoms with van der Waals surface area (Å²) in [5.41, 5.74) is 7.32. The molecule has 92 valence electrons. The van der Waals surface area contributed by atoms with Gasteiger partial charge in [0.05, 0.1) is 6.54 Å². The minimum atomic E-state index is -1.36. The van der Waals surface area contributed by atoms with E-state index in [1.807, 2.05) is 19.9 Å². The first-order chi connectivity index (χ1) is 7.90. The third kappa shape index (κ3) is 3.88. The van der Waals surface area contributed by atoms with Gasteiger partial charge in [0, 0.05) is 5.56 Å². The number of amides is 2. The fourth-order valence-corrected chi connectivity index (χ4v) is 1.50. The van der Waals surface area contributed by atoms with Crippen LogP contribution in [0.3, 0.4) is 0 Å². The van der Waals surface area contributed by atoms with Gasteiger partial charge in [0.15, 0.2) is 0 Å². The number of rotatable bonds is 4. The number of carbonyl (C=O) groups excluding carboxylic acids is 2. The molecule has 17 heavy (non-hydrogen) atoms. The van der Waals surface area contributed by atoms with Crippen LogP contribution in [0.4, 0.5) is 0 Å². The van der Waals surface area contributed by atoms with Crippen molar-refractivity contribution >= 4 is 11.8 Å². The van der Waals surface area contributed by atoms with Gasteiger partial charge in [-0.05, 0) is 26.0 Å². The molecule has 1 rings (SSSR count). The lowest BCUT2D eigenvalue weighted by atomic mass is 10.1. The number of nitrogens with one attached hydrogen (secondary N) is 1. The molecule has 0 bridgehead atoms. The molecular weight excluding hydrogens is 220 g/mol. The van der Waals surface area contributed by atoms with Gasteiger partial charge >= 0.3 is 0 Å². The molecule has 1 aromatic carbocycles. The van der Waals surface area contributed by atoms with Crippen LogP contribution in [0.1, 0.15) is 21.5 Å². The Balaban J connectivity index is 2.67. The van der Waals surface area contributed by atoms with Crippen molar-refractivity contribution in [3.05, 3.63) is 34.9 Å². The molecule has 0 aliphatic rings. The molecular formula is C12H16N2O3. The van der Waals surface area contributed by atoms with Gasteiger partial charge in [0.25, 0.3) is 5.91 Å². The molecule has 0 saturated carbocycles. The van der Waals surface area contributed by atoms with Crippen molar-refractivity contribution in [2.45, 2.75) is 20.0 Å². The van der Waals surface area contributed by atoms with E-state index in [9.17, 15) is 9.59 Å². The first-order valence-electron chi connectivity index (χ1n) is 5.24. The molecule has 5 heteroatoms. The van der Waals surface area contributed by atoms with Gasteiger partial charge in [-0.25, -0.2) is 0 Å². The molecule has 4 N–H and O–H groups in total. The van der Waals surface area contributed by atoms with E-state index in [1.165, 1.54) is 0 Å². The number of carbonyl (C=O) groups is 2. The highest BCUT2D eigenvalue weighted by molar-refractivity contribution is 5.95. The fourth-order valence-electron chi connectivity index (χ4n) is 1.50. The second-order valence-corrected chi connectivity index (χ2v) is 4.00. The first-order valence-corrected chi connectivity index (χ1v) is 5.24. The molecule has 0 spiro atoms. The van der Waals surface area contributed by atoms with Gasteiger partial charge in [0.2, 0.25) is 5.91 Å². The Bertz CT molecular complexity index is 423. The zero-order valence-corrected chi connectivity index (χ0v) is 9.86. The van der Waals surface area contributed by atoms with Crippen LogP contribution in [0.15, 0.2) is 18.2 Å². The van der Waals surface area contributed by atoms with Crippen LogP contribution < -0.4 is 11.1 Å². The van der Waals surface area contributed by atoms with Crippen molar-refractivity contribution in [2.24, 2.45) is 5.73 Å². The molecule has 2 amide bonds. The summed E-state index contributed by atoms with van der Waals surface area (Å²) in [6.07, 6.45) is -1.36. The van der Waals surface area contributed by atoms with E-state index in [1.54, 1.807) is 12.1 Å². The van der Waals surface area contributed by atoms with Crippen LogP contribution in [0, 0.1) is 13.8 Å². The van der Waals surface area contributed by atoms with Crippen molar-refractivity contribution in [2.75, 3.05) is 6.54 Å². The number of aryl methyl sites for hydroxylation is 2. The normalized spacial score (nSPS) is 11.9. The van der Waals surface area contributed by atoms with Gasteiger partial charge < -0.3 is 16.2 Å². The summed E-state index contributed by atoms with van der Waals surface area (Å²) in [5.74, 6) is -1.19. The van der Waals surface area contributed by atoms with Crippen LogP contribution in [0.25, 0.3) is 0 Å². The zero-order chi connectivity index (χ0) is 13.0. The molecule has 0 saturated heterocycles. The van der Waals surface area contributed by atoms with E-state index < -0.39 is 12.0 Å². The average Bonchev–Trinajstić information content (AvgIpc) is 2.23. The Labute approximate surface area is 99.6 Å². The molecule has 1 unspecified atom stereocenters. The quantitative estimate of drug-likeness (QED) is 0.680. The Hall–Kier alpha value is -1.88. The first kappa shape index (κ1) is 13.2. The minimum Gasteiger partial charge on any atom is -0.381 e. The van der Waals surface area contributed by atoms with Crippen LogP contribution in [0.5, 0.6) is 0 Å². The van der Waals surface area contributed by atoms with E-state index >= 15 is 0 Å². The zero-order valence-electron chi connectivity index (χ0n) is 9.86. The van der Waals surface area contributed by atoms with Crippen LogP contribution in [0.2, 0.25) is 0 Å². The highest BCUT2D eigenvalue weighted by atomic mass is 16.3. The molecule has 0 aliphatic carbocycles. The van der Waals surface area contributed by atoms with E-state index in [0.29, 0.717) is 5.56 Å². The van der Waals surface area contributed by atoms with Crippen LogP contribution >= 0.6 is 0 Å². The lowest BCUT2D eigenvalue weighted by molar-refractivity contribution is -0.125. The summed E-state index contributed by atoms with van der Waals surface area (Å²) >= 11 is 0. The number of aliphatic hydroxyl groups excluding tert-OH is 1. The second kappa shape index (κ2) is 5.45. The molecule has 0 aromatic heterocycles. The Kier molecular flexibility index (Phi) is 4.23. The molecule has 0 heterocycles. The van der Waals surface area contributed by atoms with Gasteiger partial charge in [0.1, 0.15) is 6.10 Å². The van der Waals surface area contributed by atoms with Crippen molar-refractivity contribution in [3.8, 4) is 0 Å². The van der Waals surface area contributed by atoms with Gasteiger partial charge in [-0.1, -0.05) is 17.2 Å². The van der Waals surface area contributed by atoms with Gasteiger partial charge in [-0.2, -0.15) is 0 Å². The maximum absolute atomic E-state index is 11.7. The van der Waals surface area contributed by atoms with Gasteiger partial charge in [-0.15, -0.1) is 0 Å². The summed E-state index contributed by atoms with van der Waals surface area (Å²) in [5, 5.41) is 11.6. The van der Waals surface area contributed by atoms with E-state index in [2.05, 4.69) is 5.32 Å². The number of hydrogen-bond acceptors (Lipinski definition) is 3. The third-order valence-corrected chi connectivity index (χ3v) is 2.27. The smallest absolute Gasteiger partial charge is 0.251 e. The monoisotopic (exact) mass is 236 g/mol. The summed E-state index contributed by atoms with van der Waals surface area (Å²) in [6, 6.07) is 5.42. The predicted molar refractivity (Wildman–Crippen MR) is 63.5 cm³/mol. The number of nitrogens with two attached hydrogens (primary N) is 1. The summed E-state index contributed by atoms with van der Waals surface area (Å²) < 4.78 is 0. The standard InChI is InChI=1S/C12H16N2O3/c1-7-3-8(2)5-9(4-7)12(17)14-6-10(15)11(13)16/h3-5,10,15H,6H2,1-2H3,(H2,13,16)(H,14,17). The number of primary amides is 1. The molecule has 0 fully saturated rings. The topological polar surface area (TPSA) is 92.4 Å². The largest absolute Gasteiger partial charge is 0.381 e. The van der Waals surface area contributed by atoms with E-state index in [0.717, 1.165) is 11.1 Å². The maximum Gasteiger partial charge on any atom is 0.251 e. The molecule has 5 nitrogen and oxygen atoms in total. The van der Waals surface area contributed by atoms with Crippen molar-refractivity contribution in [1.82, 2.24) is 5.32 Å². The highest BCUT2D eigenvalue weighted by Gasteiger charge is 2.13. The number of benzene rings is 1. The van der Waals surface area contributed by atoms with Crippen molar-refractivity contribution in [3.63, 3.8) is 0 Å². The third-order valence-electron chi connectivity index (χ3n) is 2.27. The lowest BCUT2D eigenvalue weighted by Crippen LogP contribution is -2.40. The van der Waals surface area contributed by atoms with Crippen molar-refractivity contribution < 1.29 is 14.7 Å².